The van der Waals surface area contributed by atoms with Crippen LogP contribution in [-0.2, 0) is 9.53 Å². The average Bonchev–Trinajstić information content (AvgIpc) is 2.71. The van der Waals surface area contributed by atoms with E-state index in [4.69, 9.17) is 4.74 Å². The van der Waals surface area contributed by atoms with E-state index in [1.807, 2.05) is 18.2 Å². The van der Waals surface area contributed by atoms with Gasteiger partial charge in [0.2, 0.25) is 5.91 Å². The van der Waals surface area contributed by atoms with Gasteiger partial charge < -0.3 is 10.1 Å². The zero-order valence-corrected chi connectivity index (χ0v) is 11.0. The number of benzene rings is 1. The smallest absolute Gasteiger partial charge is 0.348 e. The Kier molecular flexibility index (Phi) is 3.62. The molecule has 1 amide bonds. The predicted octanol–water partition coefficient (Wildman–Crippen LogP) is 3.04. The first-order valence-electron chi connectivity index (χ1n) is 5.58. The zero-order valence-electron chi connectivity index (χ0n) is 10.1. The van der Waals surface area contributed by atoms with Crippen molar-refractivity contribution in [2.24, 2.45) is 0 Å². The molecular weight excluding hydrogens is 250 g/mol. The SMILES string of the molecule is CCOC(=O)c1cc2cc(NC(C)=O)ccc2s1. The molecule has 0 unspecified atom stereocenters. The number of hydrogen-bond donors (Lipinski definition) is 1. The van der Waals surface area contributed by atoms with Crippen LogP contribution < -0.4 is 5.32 Å². The van der Waals surface area contributed by atoms with E-state index >= 15 is 0 Å². The van der Waals surface area contributed by atoms with E-state index in [9.17, 15) is 9.59 Å². The van der Waals surface area contributed by atoms with Crippen molar-refractivity contribution in [1.29, 1.82) is 0 Å². The lowest BCUT2D eigenvalue weighted by molar-refractivity contribution is -0.114. The summed E-state index contributed by atoms with van der Waals surface area (Å²) in [6.07, 6.45) is 0. The summed E-state index contributed by atoms with van der Waals surface area (Å²) >= 11 is 1.39. The van der Waals surface area contributed by atoms with Crippen LogP contribution in [0.5, 0.6) is 0 Å². The van der Waals surface area contributed by atoms with Crippen LogP contribution in [0.3, 0.4) is 0 Å². The van der Waals surface area contributed by atoms with E-state index in [0.717, 1.165) is 15.8 Å². The second kappa shape index (κ2) is 5.18. The van der Waals surface area contributed by atoms with Crippen molar-refractivity contribution in [2.75, 3.05) is 11.9 Å². The summed E-state index contributed by atoms with van der Waals surface area (Å²) in [7, 11) is 0. The lowest BCUT2D eigenvalue weighted by Crippen LogP contribution is -2.05. The monoisotopic (exact) mass is 263 g/mol. The average molecular weight is 263 g/mol. The molecule has 0 radical (unpaired) electrons. The Morgan fingerprint density at radius 3 is 2.78 bits per heavy atom. The quantitative estimate of drug-likeness (QED) is 0.866. The predicted molar refractivity (Wildman–Crippen MR) is 72.1 cm³/mol. The van der Waals surface area contributed by atoms with Crippen molar-refractivity contribution >= 4 is 39.0 Å². The maximum Gasteiger partial charge on any atom is 0.348 e. The molecule has 0 aliphatic heterocycles. The van der Waals surface area contributed by atoms with E-state index in [1.165, 1.54) is 18.3 Å². The van der Waals surface area contributed by atoms with Gasteiger partial charge in [-0.25, -0.2) is 4.79 Å². The van der Waals surface area contributed by atoms with Crippen molar-refractivity contribution < 1.29 is 14.3 Å². The van der Waals surface area contributed by atoms with Crippen molar-refractivity contribution in [3.05, 3.63) is 29.1 Å². The van der Waals surface area contributed by atoms with Gasteiger partial charge in [-0.3, -0.25) is 4.79 Å². The molecule has 0 bridgehead atoms. The standard InChI is InChI=1S/C13H13NO3S/c1-3-17-13(16)12-7-9-6-10(14-8(2)15)4-5-11(9)18-12/h4-7H,3H2,1-2H3,(H,14,15). The summed E-state index contributed by atoms with van der Waals surface area (Å²) in [6.45, 7) is 3.60. The second-order valence-corrected chi connectivity index (χ2v) is 4.85. The Morgan fingerprint density at radius 2 is 2.11 bits per heavy atom. The van der Waals surface area contributed by atoms with Crippen molar-refractivity contribution in [3.8, 4) is 0 Å². The lowest BCUT2D eigenvalue weighted by Gasteiger charge is -2.00. The number of ether oxygens (including phenoxy) is 1. The van der Waals surface area contributed by atoms with Crippen LogP contribution >= 0.6 is 11.3 Å². The molecule has 0 saturated carbocycles. The fourth-order valence-electron chi connectivity index (χ4n) is 1.63. The number of anilines is 1. The Balaban J connectivity index is 2.33. The summed E-state index contributed by atoms with van der Waals surface area (Å²) in [5, 5.41) is 3.64. The number of nitrogens with one attached hydrogen (secondary N) is 1. The molecule has 1 aromatic heterocycles. The van der Waals surface area contributed by atoms with Crippen LogP contribution in [0.4, 0.5) is 5.69 Å². The topological polar surface area (TPSA) is 55.4 Å². The number of fused-ring (bicyclic) bond motifs is 1. The molecule has 1 aromatic carbocycles. The molecule has 0 aliphatic rings. The normalized spacial score (nSPS) is 10.3. The maximum absolute atomic E-state index is 11.6. The van der Waals surface area contributed by atoms with E-state index < -0.39 is 0 Å². The highest BCUT2D eigenvalue weighted by Crippen LogP contribution is 2.28. The number of carbonyl (C=O) groups is 2. The van der Waals surface area contributed by atoms with Gasteiger partial charge in [0.15, 0.2) is 0 Å². The molecular formula is C13H13NO3S. The Bertz CT molecular complexity index is 603. The van der Waals surface area contributed by atoms with Crippen LogP contribution in [0.15, 0.2) is 24.3 Å². The fourth-order valence-corrected chi connectivity index (χ4v) is 2.56. The molecule has 94 valence electrons. The van der Waals surface area contributed by atoms with Crippen LogP contribution in [-0.4, -0.2) is 18.5 Å². The minimum absolute atomic E-state index is 0.116. The van der Waals surface area contributed by atoms with Crippen molar-refractivity contribution in [1.82, 2.24) is 0 Å². The molecule has 5 heteroatoms. The summed E-state index contributed by atoms with van der Waals surface area (Å²) in [4.78, 5) is 23.1. The molecule has 0 spiro atoms. The van der Waals surface area contributed by atoms with Gasteiger partial charge in [0.05, 0.1) is 6.61 Å². The number of esters is 1. The van der Waals surface area contributed by atoms with Gasteiger partial charge in [-0.2, -0.15) is 0 Å². The molecule has 0 aliphatic carbocycles. The van der Waals surface area contributed by atoms with Crippen LogP contribution in [0.1, 0.15) is 23.5 Å². The van der Waals surface area contributed by atoms with Crippen molar-refractivity contribution in [2.45, 2.75) is 13.8 Å². The molecule has 1 heterocycles. The fraction of sp³-hybridized carbons (Fsp3) is 0.231. The second-order valence-electron chi connectivity index (χ2n) is 3.76. The third kappa shape index (κ3) is 2.68. The highest BCUT2D eigenvalue weighted by molar-refractivity contribution is 7.20. The first kappa shape index (κ1) is 12.6. The number of thiophene rings is 1. The van der Waals surface area contributed by atoms with Gasteiger partial charge in [0.25, 0.3) is 0 Å². The minimum atomic E-state index is -0.306. The van der Waals surface area contributed by atoms with Gasteiger partial charge in [-0.15, -0.1) is 11.3 Å². The van der Waals surface area contributed by atoms with Crippen LogP contribution in [0, 0.1) is 0 Å². The Labute approximate surface area is 109 Å². The molecule has 2 aromatic rings. The largest absolute Gasteiger partial charge is 0.462 e. The van der Waals surface area contributed by atoms with Gasteiger partial charge in [0, 0.05) is 17.3 Å². The van der Waals surface area contributed by atoms with Gasteiger partial charge in [0.1, 0.15) is 4.88 Å². The number of amides is 1. The first-order valence-corrected chi connectivity index (χ1v) is 6.40. The highest BCUT2D eigenvalue weighted by atomic mass is 32.1. The van der Waals surface area contributed by atoms with Gasteiger partial charge in [-0.1, -0.05) is 0 Å². The molecule has 0 atom stereocenters. The number of hydrogen-bond acceptors (Lipinski definition) is 4. The molecule has 1 N–H and O–H groups in total. The van der Waals surface area contributed by atoms with Gasteiger partial charge in [-0.05, 0) is 36.6 Å². The van der Waals surface area contributed by atoms with E-state index in [0.29, 0.717) is 11.5 Å². The number of carbonyl (C=O) groups excluding carboxylic acids is 2. The molecule has 2 rings (SSSR count). The first-order chi connectivity index (χ1) is 8.60. The summed E-state index contributed by atoms with van der Waals surface area (Å²) in [5.41, 5.74) is 0.725. The molecule has 0 fully saturated rings. The molecule has 0 saturated heterocycles. The number of rotatable bonds is 3. The summed E-state index contributed by atoms with van der Waals surface area (Å²) in [6, 6.07) is 7.32. The summed E-state index contributed by atoms with van der Waals surface area (Å²) < 4.78 is 5.95. The minimum Gasteiger partial charge on any atom is -0.462 e. The molecule has 18 heavy (non-hydrogen) atoms. The van der Waals surface area contributed by atoms with E-state index in [2.05, 4.69) is 5.32 Å². The molecule has 4 nitrogen and oxygen atoms in total. The maximum atomic E-state index is 11.6. The lowest BCUT2D eigenvalue weighted by atomic mass is 10.2. The Hall–Kier alpha value is -1.88. The van der Waals surface area contributed by atoms with E-state index in [-0.39, 0.29) is 11.9 Å². The highest BCUT2D eigenvalue weighted by Gasteiger charge is 2.11. The van der Waals surface area contributed by atoms with E-state index in [1.54, 1.807) is 13.0 Å². The third-order valence-corrected chi connectivity index (χ3v) is 3.41. The van der Waals surface area contributed by atoms with Crippen LogP contribution in [0.25, 0.3) is 10.1 Å². The van der Waals surface area contributed by atoms with Crippen molar-refractivity contribution in [3.63, 3.8) is 0 Å². The van der Waals surface area contributed by atoms with Gasteiger partial charge >= 0.3 is 5.97 Å². The van der Waals surface area contributed by atoms with Crippen LogP contribution in [0.2, 0.25) is 0 Å². The Morgan fingerprint density at radius 1 is 1.33 bits per heavy atom. The zero-order chi connectivity index (χ0) is 13.1. The third-order valence-electron chi connectivity index (χ3n) is 2.31. The summed E-state index contributed by atoms with van der Waals surface area (Å²) in [5.74, 6) is -0.421.